The average molecular weight is 410 g/mol. The highest BCUT2D eigenvalue weighted by molar-refractivity contribution is 6.10. The Morgan fingerprint density at radius 2 is 2.13 bits per heavy atom. The number of nitrogen functional groups attached to an aromatic ring is 1. The summed E-state index contributed by atoms with van der Waals surface area (Å²) < 4.78 is 23.7. The fraction of sp³-hybridized carbons (Fsp3) is 0.150. The molecule has 0 amide bonds. The molecule has 0 radical (unpaired) electrons. The number of hydrogen-bond acceptors (Lipinski definition) is 9. The molecule has 0 aliphatic carbocycles. The van der Waals surface area contributed by atoms with E-state index in [1.165, 1.54) is 24.6 Å². The SMILES string of the molecule is CCOC(=O)c1cnc(C(N)=CC(=NCc2ccccc2F)c2ccon2)nc1N. The first-order valence-corrected chi connectivity index (χ1v) is 8.95. The predicted molar refractivity (Wildman–Crippen MR) is 108 cm³/mol. The molecule has 0 unspecified atom stereocenters. The van der Waals surface area contributed by atoms with Crippen LogP contribution in [-0.4, -0.2) is 33.4 Å². The van der Waals surface area contributed by atoms with Gasteiger partial charge in [-0.25, -0.2) is 19.2 Å². The first kappa shape index (κ1) is 20.6. The molecule has 3 aromatic rings. The van der Waals surface area contributed by atoms with Gasteiger partial charge in [0.25, 0.3) is 0 Å². The number of carbonyl (C=O) groups excluding carboxylic acids is 1. The summed E-state index contributed by atoms with van der Waals surface area (Å²) in [6.07, 6.45) is 4.08. The number of aromatic nitrogens is 3. The number of anilines is 1. The zero-order valence-electron chi connectivity index (χ0n) is 16.1. The largest absolute Gasteiger partial charge is 0.462 e. The minimum Gasteiger partial charge on any atom is -0.462 e. The zero-order chi connectivity index (χ0) is 21.5. The van der Waals surface area contributed by atoms with Gasteiger partial charge in [0.05, 0.1) is 24.6 Å². The number of benzene rings is 1. The lowest BCUT2D eigenvalue weighted by Gasteiger charge is -2.07. The van der Waals surface area contributed by atoms with Gasteiger partial charge < -0.3 is 20.7 Å². The maximum absolute atomic E-state index is 13.9. The first-order chi connectivity index (χ1) is 14.5. The number of carbonyl (C=O) groups is 1. The standard InChI is InChI=1S/C20H19FN6O3/c1-2-29-20(28)13-11-25-19(26-18(13)23)15(22)9-17(16-7-8-30-27-16)24-10-12-5-3-4-6-14(12)21/h3-9,11H,2,10,22H2,1H3,(H2,23,25,26). The Morgan fingerprint density at radius 3 is 2.80 bits per heavy atom. The minimum atomic E-state index is -0.626. The topological polar surface area (TPSA) is 143 Å². The van der Waals surface area contributed by atoms with Crippen molar-refractivity contribution in [1.29, 1.82) is 0 Å². The van der Waals surface area contributed by atoms with E-state index in [9.17, 15) is 9.18 Å². The maximum atomic E-state index is 13.9. The van der Waals surface area contributed by atoms with Gasteiger partial charge in [0.15, 0.2) is 5.82 Å². The number of halogens is 1. The monoisotopic (exact) mass is 410 g/mol. The Hall–Kier alpha value is -4.08. The fourth-order valence-corrected chi connectivity index (χ4v) is 2.45. The Bertz CT molecular complexity index is 1100. The number of hydrogen-bond donors (Lipinski definition) is 2. The lowest BCUT2D eigenvalue weighted by atomic mass is 10.2. The summed E-state index contributed by atoms with van der Waals surface area (Å²) in [5, 5.41) is 3.85. The summed E-state index contributed by atoms with van der Waals surface area (Å²) in [6.45, 7) is 1.93. The Morgan fingerprint density at radius 1 is 1.33 bits per heavy atom. The molecule has 0 spiro atoms. The molecule has 0 fully saturated rings. The molecule has 0 aliphatic heterocycles. The summed E-state index contributed by atoms with van der Waals surface area (Å²) in [7, 11) is 0. The number of allylic oxidation sites excluding steroid dienone is 1. The highest BCUT2D eigenvalue weighted by atomic mass is 19.1. The minimum absolute atomic E-state index is 0.0401. The molecule has 9 nitrogen and oxygen atoms in total. The number of nitrogens with zero attached hydrogens (tertiary/aromatic N) is 4. The van der Waals surface area contributed by atoms with Crippen LogP contribution in [0.1, 0.15) is 34.4 Å². The van der Waals surface area contributed by atoms with Crippen molar-refractivity contribution in [3.63, 3.8) is 0 Å². The fourth-order valence-electron chi connectivity index (χ4n) is 2.45. The first-order valence-electron chi connectivity index (χ1n) is 8.95. The lowest BCUT2D eigenvalue weighted by Crippen LogP contribution is -2.13. The van der Waals surface area contributed by atoms with Crippen LogP contribution in [0, 0.1) is 5.82 Å². The van der Waals surface area contributed by atoms with Crippen LogP contribution in [0.4, 0.5) is 10.2 Å². The van der Waals surface area contributed by atoms with E-state index in [2.05, 4.69) is 20.1 Å². The van der Waals surface area contributed by atoms with E-state index in [4.69, 9.17) is 20.7 Å². The van der Waals surface area contributed by atoms with Crippen LogP contribution in [-0.2, 0) is 11.3 Å². The second-order valence-corrected chi connectivity index (χ2v) is 5.99. The van der Waals surface area contributed by atoms with Crippen molar-refractivity contribution in [2.24, 2.45) is 10.7 Å². The maximum Gasteiger partial charge on any atom is 0.343 e. The van der Waals surface area contributed by atoms with Crippen molar-refractivity contribution in [3.05, 3.63) is 77.3 Å². The van der Waals surface area contributed by atoms with E-state index in [1.54, 1.807) is 31.2 Å². The third-order valence-electron chi connectivity index (χ3n) is 3.94. The van der Waals surface area contributed by atoms with Crippen LogP contribution in [0.3, 0.4) is 0 Å². The molecule has 0 atom stereocenters. The predicted octanol–water partition coefficient (Wildman–Crippen LogP) is 2.35. The summed E-state index contributed by atoms with van der Waals surface area (Å²) in [5.41, 5.74) is 13.2. The number of nitrogens with two attached hydrogens (primary N) is 2. The van der Waals surface area contributed by atoms with Gasteiger partial charge in [0, 0.05) is 17.8 Å². The normalized spacial score (nSPS) is 12.1. The van der Waals surface area contributed by atoms with E-state index in [1.807, 2.05) is 0 Å². The highest BCUT2D eigenvalue weighted by Crippen LogP contribution is 2.14. The molecule has 1 aromatic carbocycles. The van der Waals surface area contributed by atoms with Gasteiger partial charge in [0.2, 0.25) is 0 Å². The van der Waals surface area contributed by atoms with E-state index in [0.717, 1.165) is 0 Å². The smallest absolute Gasteiger partial charge is 0.343 e. The summed E-state index contributed by atoms with van der Waals surface area (Å²) in [4.78, 5) is 24.3. The van der Waals surface area contributed by atoms with Gasteiger partial charge >= 0.3 is 5.97 Å². The van der Waals surface area contributed by atoms with Gasteiger partial charge in [-0.2, -0.15) is 0 Å². The van der Waals surface area contributed by atoms with Crippen molar-refractivity contribution >= 4 is 23.2 Å². The Kier molecular flexibility index (Phi) is 6.48. The number of ether oxygens (including phenoxy) is 1. The summed E-state index contributed by atoms with van der Waals surface area (Å²) in [6, 6.07) is 7.89. The van der Waals surface area contributed by atoms with Crippen LogP contribution in [0.25, 0.3) is 5.70 Å². The Balaban J connectivity index is 1.91. The van der Waals surface area contributed by atoms with E-state index in [-0.39, 0.29) is 41.9 Å². The van der Waals surface area contributed by atoms with Gasteiger partial charge in [-0.15, -0.1) is 0 Å². The molecule has 2 heterocycles. The van der Waals surface area contributed by atoms with Crippen molar-refractivity contribution in [2.75, 3.05) is 12.3 Å². The second kappa shape index (κ2) is 9.41. The number of rotatable bonds is 7. The number of aliphatic imine (C=N–C) groups is 1. The van der Waals surface area contributed by atoms with Gasteiger partial charge in [-0.05, 0) is 19.1 Å². The third kappa shape index (κ3) is 4.85. The van der Waals surface area contributed by atoms with E-state index < -0.39 is 5.97 Å². The lowest BCUT2D eigenvalue weighted by molar-refractivity contribution is 0.0526. The second-order valence-electron chi connectivity index (χ2n) is 5.99. The van der Waals surface area contributed by atoms with Crippen LogP contribution in [0.2, 0.25) is 0 Å². The molecule has 30 heavy (non-hydrogen) atoms. The van der Waals surface area contributed by atoms with Crippen LogP contribution in [0.5, 0.6) is 0 Å². The molecule has 3 rings (SSSR count). The van der Waals surface area contributed by atoms with E-state index >= 15 is 0 Å². The van der Waals surface area contributed by atoms with Crippen LogP contribution < -0.4 is 11.5 Å². The molecule has 4 N–H and O–H groups in total. The molecule has 0 saturated heterocycles. The summed E-state index contributed by atoms with van der Waals surface area (Å²) >= 11 is 0. The average Bonchev–Trinajstić information content (AvgIpc) is 3.26. The molecule has 154 valence electrons. The molecular formula is C20H19FN6O3. The van der Waals surface area contributed by atoms with E-state index in [0.29, 0.717) is 17.0 Å². The Labute approximate surface area is 171 Å². The van der Waals surface area contributed by atoms with Crippen molar-refractivity contribution in [1.82, 2.24) is 15.1 Å². The molecule has 2 aromatic heterocycles. The molecule has 0 bridgehead atoms. The van der Waals surface area contributed by atoms with Gasteiger partial charge in [0.1, 0.15) is 29.2 Å². The van der Waals surface area contributed by atoms with Crippen molar-refractivity contribution < 1.29 is 18.4 Å². The highest BCUT2D eigenvalue weighted by Gasteiger charge is 2.15. The van der Waals surface area contributed by atoms with Crippen LogP contribution in [0.15, 0.2) is 58.4 Å². The molecular weight excluding hydrogens is 391 g/mol. The van der Waals surface area contributed by atoms with Crippen LogP contribution >= 0.6 is 0 Å². The van der Waals surface area contributed by atoms with Crippen molar-refractivity contribution in [2.45, 2.75) is 13.5 Å². The molecule has 0 saturated carbocycles. The number of esters is 1. The zero-order valence-corrected chi connectivity index (χ0v) is 16.1. The third-order valence-corrected chi connectivity index (χ3v) is 3.94. The molecule has 10 heteroatoms. The quantitative estimate of drug-likeness (QED) is 0.446. The molecule has 0 aliphatic rings. The van der Waals surface area contributed by atoms with Gasteiger partial charge in [-0.3, -0.25) is 4.99 Å². The van der Waals surface area contributed by atoms with Gasteiger partial charge in [-0.1, -0.05) is 23.4 Å². The van der Waals surface area contributed by atoms with Crippen molar-refractivity contribution in [3.8, 4) is 0 Å². The summed E-state index contributed by atoms with van der Waals surface area (Å²) in [5.74, 6) is -0.981.